The third-order valence-electron chi connectivity index (χ3n) is 5.84. The highest BCUT2D eigenvalue weighted by atomic mass is 19.1. The van der Waals surface area contributed by atoms with Gasteiger partial charge >= 0.3 is 0 Å². The van der Waals surface area contributed by atoms with E-state index in [0.717, 1.165) is 6.20 Å². The highest BCUT2D eigenvalue weighted by Crippen LogP contribution is 2.32. The van der Waals surface area contributed by atoms with Gasteiger partial charge in [-0.05, 0) is 44.2 Å². The summed E-state index contributed by atoms with van der Waals surface area (Å²) in [5.41, 5.74) is 0.167. The first-order valence-corrected chi connectivity index (χ1v) is 11.4. The van der Waals surface area contributed by atoms with Gasteiger partial charge in [-0.3, -0.25) is 4.79 Å². The Labute approximate surface area is 206 Å². The monoisotopic (exact) mass is 497 g/mol. The van der Waals surface area contributed by atoms with E-state index >= 15 is 0 Å². The SMILES string of the molecule is CC1(C)COc2ccc(Nc3nc(Nc4ccc(N5CCOCC5)c(F)c4)ncc3F)nc2NC1=O. The molecule has 4 heterocycles. The fourth-order valence-corrected chi connectivity index (χ4v) is 3.73. The lowest BCUT2D eigenvalue weighted by Gasteiger charge is -2.29. The quantitative estimate of drug-likeness (QED) is 0.484. The van der Waals surface area contributed by atoms with Crippen LogP contribution in [0.2, 0.25) is 0 Å². The van der Waals surface area contributed by atoms with Gasteiger partial charge in [-0.1, -0.05) is 0 Å². The number of nitrogens with one attached hydrogen (secondary N) is 3. The average Bonchev–Trinajstić information content (AvgIpc) is 2.97. The highest BCUT2D eigenvalue weighted by molar-refractivity contribution is 5.96. The maximum absolute atomic E-state index is 14.7. The molecule has 0 bridgehead atoms. The summed E-state index contributed by atoms with van der Waals surface area (Å²) in [4.78, 5) is 26.7. The molecule has 0 saturated carbocycles. The predicted octanol–water partition coefficient (Wildman–Crippen LogP) is 3.83. The van der Waals surface area contributed by atoms with Gasteiger partial charge < -0.3 is 30.3 Å². The molecule has 12 heteroatoms. The zero-order chi connectivity index (χ0) is 25.3. The Morgan fingerprint density at radius 2 is 1.86 bits per heavy atom. The van der Waals surface area contributed by atoms with Crippen molar-refractivity contribution in [3.63, 3.8) is 0 Å². The van der Waals surface area contributed by atoms with E-state index in [1.807, 2.05) is 4.90 Å². The summed E-state index contributed by atoms with van der Waals surface area (Å²) in [5.74, 6) is -0.570. The number of morpholine rings is 1. The Morgan fingerprint density at radius 1 is 1.06 bits per heavy atom. The summed E-state index contributed by atoms with van der Waals surface area (Å²) in [7, 11) is 0. The van der Waals surface area contributed by atoms with Gasteiger partial charge in [0.05, 0.1) is 30.5 Å². The molecule has 10 nitrogen and oxygen atoms in total. The van der Waals surface area contributed by atoms with Crippen molar-refractivity contribution in [3.05, 3.63) is 48.2 Å². The molecule has 1 saturated heterocycles. The van der Waals surface area contributed by atoms with E-state index in [9.17, 15) is 13.6 Å². The van der Waals surface area contributed by atoms with E-state index in [1.54, 1.807) is 38.1 Å². The van der Waals surface area contributed by atoms with Crippen molar-refractivity contribution >= 4 is 40.7 Å². The molecule has 3 aromatic rings. The molecule has 2 aliphatic rings. The fourth-order valence-electron chi connectivity index (χ4n) is 3.73. The number of carbonyl (C=O) groups excluding carboxylic acids is 1. The number of fused-ring (bicyclic) bond motifs is 1. The molecule has 3 N–H and O–H groups in total. The second-order valence-electron chi connectivity index (χ2n) is 9.08. The van der Waals surface area contributed by atoms with Crippen LogP contribution in [0.5, 0.6) is 5.75 Å². The number of aromatic nitrogens is 3. The van der Waals surface area contributed by atoms with Crippen molar-refractivity contribution in [1.29, 1.82) is 0 Å². The normalized spacial score (nSPS) is 16.9. The molecule has 5 rings (SSSR count). The van der Waals surface area contributed by atoms with Gasteiger partial charge in [0, 0.05) is 18.8 Å². The summed E-state index contributed by atoms with van der Waals surface area (Å²) >= 11 is 0. The molecule has 0 radical (unpaired) electrons. The molecule has 36 heavy (non-hydrogen) atoms. The van der Waals surface area contributed by atoms with Crippen molar-refractivity contribution in [1.82, 2.24) is 15.0 Å². The van der Waals surface area contributed by atoms with Crippen LogP contribution in [0.3, 0.4) is 0 Å². The Bertz CT molecular complexity index is 1300. The minimum Gasteiger partial charge on any atom is -0.489 e. The first kappa shape index (κ1) is 23.7. The Morgan fingerprint density at radius 3 is 2.64 bits per heavy atom. The number of benzene rings is 1. The Kier molecular flexibility index (Phi) is 6.27. The van der Waals surface area contributed by atoms with E-state index in [4.69, 9.17) is 9.47 Å². The lowest BCUT2D eigenvalue weighted by molar-refractivity contribution is -0.124. The maximum atomic E-state index is 14.7. The largest absolute Gasteiger partial charge is 0.489 e. The number of hydrogen-bond acceptors (Lipinski definition) is 9. The third kappa shape index (κ3) is 4.98. The molecule has 188 valence electrons. The number of amides is 1. The number of ether oxygens (including phenoxy) is 2. The third-order valence-corrected chi connectivity index (χ3v) is 5.84. The van der Waals surface area contributed by atoms with Crippen LogP contribution in [0.4, 0.5) is 43.6 Å². The van der Waals surface area contributed by atoms with Gasteiger partial charge in [0.2, 0.25) is 11.9 Å². The van der Waals surface area contributed by atoms with Gasteiger partial charge in [0.1, 0.15) is 18.2 Å². The van der Waals surface area contributed by atoms with Gasteiger partial charge in [-0.25, -0.2) is 18.7 Å². The number of anilines is 6. The van der Waals surface area contributed by atoms with Crippen molar-refractivity contribution in [3.8, 4) is 5.75 Å². The lowest BCUT2D eigenvalue weighted by Crippen LogP contribution is -2.36. The van der Waals surface area contributed by atoms with Gasteiger partial charge in [-0.15, -0.1) is 0 Å². The maximum Gasteiger partial charge on any atom is 0.234 e. The van der Waals surface area contributed by atoms with Crippen molar-refractivity contribution in [2.45, 2.75) is 13.8 Å². The summed E-state index contributed by atoms with van der Waals surface area (Å²) in [5, 5.41) is 8.41. The van der Waals surface area contributed by atoms with Crippen LogP contribution in [0.25, 0.3) is 0 Å². The standard InChI is InChI=1S/C24H25F2N7O3/c1-24(2)13-36-18-5-6-19(30-21(18)31-22(24)34)29-20-16(26)12-27-23(32-20)28-14-3-4-17(15(25)11-14)33-7-9-35-10-8-33/h3-6,11-12H,7-10,13H2,1-2H3,(H3,27,28,29,30,31,32,34). The van der Waals surface area contributed by atoms with Crippen molar-refractivity contribution < 1.29 is 23.0 Å². The second-order valence-corrected chi connectivity index (χ2v) is 9.08. The molecule has 0 aliphatic carbocycles. The van der Waals surface area contributed by atoms with E-state index < -0.39 is 17.0 Å². The van der Waals surface area contributed by atoms with Crippen LogP contribution in [0, 0.1) is 17.0 Å². The van der Waals surface area contributed by atoms with Crippen LogP contribution in [-0.2, 0) is 9.53 Å². The van der Waals surface area contributed by atoms with Gasteiger partial charge in [0.15, 0.2) is 23.2 Å². The minimum absolute atomic E-state index is 0.0607. The molecule has 1 fully saturated rings. The van der Waals surface area contributed by atoms with Crippen LogP contribution in [0.1, 0.15) is 13.8 Å². The molecule has 2 aliphatic heterocycles. The minimum atomic E-state index is -0.729. The van der Waals surface area contributed by atoms with E-state index in [-0.39, 0.29) is 35.9 Å². The molecule has 2 aromatic heterocycles. The van der Waals surface area contributed by atoms with Gasteiger partial charge in [0.25, 0.3) is 0 Å². The Balaban J connectivity index is 1.32. The first-order valence-electron chi connectivity index (χ1n) is 11.4. The summed E-state index contributed by atoms with van der Waals surface area (Å²) in [6.45, 7) is 6.06. The first-order chi connectivity index (χ1) is 17.3. The second kappa shape index (κ2) is 9.53. The van der Waals surface area contributed by atoms with E-state index in [1.165, 1.54) is 6.07 Å². The summed E-state index contributed by atoms with van der Waals surface area (Å²) in [6, 6.07) is 7.92. The van der Waals surface area contributed by atoms with Crippen molar-refractivity contribution in [2.24, 2.45) is 5.41 Å². The topological polar surface area (TPSA) is 114 Å². The molecule has 1 aromatic carbocycles. The highest BCUT2D eigenvalue weighted by Gasteiger charge is 2.33. The summed E-state index contributed by atoms with van der Waals surface area (Å²) < 4.78 is 40.2. The van der Waals surface area contributed by atoms with Crippen LogP contribution in [0.15, 0.2) is 36.5 Å². The van der Waals surface area contributed by atoms with Gasteiger partial charge in [-0.2, -0.15) is 4.98 Å². The smallest absolute Gasteiger partial charge is 0.234 e. The average molecular weight is 498 g/mol. The number of rotatable bonds is 5. The zero-order valence-corrected chi connectivity index (χ0v) is 19.8. The lowest BCUT2D eigenvalue weighted by atomic mass is 9.94. The Hall–Kier alpha value is -4.06. The number of halogens is 2. The van der Waals surface area contributed by atoms with Crippen LogP contribution < -0.4 is 25.6 Å². The fraction of sp³-hybridized carbons (Fsp3) is 0.333. The molecule has 0 spiro atoms. The number of pyridine rings is 1. The molecule has 0 atom stereocenters. The predicted molar refractivity (Wildman–Crippen MR) is 130 cm³/mol. The van der Waals surface area contributed by atoms with Crippen molar-refractivity contribution in [2.75, 3.05) is 53.8 Å². The number of carbonyl (C=O) groups is 1. The zero-order valence-electron chi connectivity index (χ0n) is 19.8. The van der Waals surface area contributed by atoms with E-state index in [0.29, 0.717) is 43.4 Å². The molecule has 0 unspecified atom stereocenters. The summed E-state index contributed by atoms with van der Waals surface area (Å²) in [6.07, 6.45) is 0.993. The van der Waals surface area contributed by atoms with Crippen LogP contribution in [-0.4, -0.2) is 53.8 Å². The number of nitrogens with zero attached hydrogens (tertiary/aromatic N) is 4. The molecular formula is C24H25F2N7O3. The van der Waals surface area contributed by atoms with E-state index in [2.05, 4.69) is 30.9 Å². The van der Waals surface area contributed by atoms with Crippen LogP contribution >= 0.6 is 0 Å². The number of hydrogen-bond donors (Lipinski definition) is 3. The molecular weight excluding hydrogens is 472 g/mol. The molecule has 1 amide bonds.